The predicted molar refractivity (Wildman–Crippen MR) is 130 cm³/mol. The molecule has 3 heterocycles. The number of ether oxygens (including phenoxy) is 3. The van der Waals surface area contributed by atoms with E-state index in [-0.39, 0.29) is 16.9 Å². The summed E-state index contributed by atoms with van der Waals surface area (Å²) < 4.78 is 99.3. The van der Waals surface area contributed by atoms with Gasteiger partial charge < -0.3 is 19.5 Å². The van der Waals surface area contributed by atoms with Crippen molar-refractivity contribution in [1.29, 1.82) is 0 Å². The third-order valence-corrected chi connectivity index (χ3v) is 6.24. The molecule has 1 saturated heterocycles. The second kappa shape index (κ2) is 10.8. The first-order valence-corrected chi connectivity index (χ1v) is 12.2. The Kier molecular flexibility index (Phi) is 7.90. The van der Waals surface area contributed by atoms with Crippen molar-refractivity contribution >= 4 is 23.7 Å². The largest absolute Gasteiger partial charge is 0.451 e. The van der Waals surface area contributed by atoms with E-state index in [9.17, 15) is 31.5 Å². The van der Waals surface area contributed by atoms with Gasteiger partial charge in [0.2, 0.25) is 6.10 Å². The molecule has 0 unspecified atom stereocenters. The number of carbonyl (C=O) groups excluding carboxylic acids is 2. The first-order chi connectivity index (χ1) is 19.0. The minimum atomic E-state index is -4.99. The van der Waals surface area contributed by atoms with Gasteiger partial charge in [0.15, 0.2) is 0 Å². The number of benzene rings is 1. The monoisotopic (exact) mass is 589 g/mol. The normalized spacial score (nSPS) is 24.3. The maximum absolute atomic E-state index is 15.4. The molecule has 4 atom stereocenters. The number of alkyl carbamates (subject to hydrolysis) is 1. The van der Waals surface area contributed by atoms with Gasteiger partial charge in [-0.2, -0.15) is 13.2 Å². The van der Waals surface area contributed by atoms with E-state index < -0.39 is 78.0 Å². The molecule has 41 heavy (non-hydrogen) atoms. The SMILES string of the molecule is C[C@H]1OC[C@]2(c3cc(NC(=O)c4cnc(C(F)F)cn4)ccc3F)N=C(NC(=O)OC(C)(C)C)O[C@H](C(F)(F)F)[C@H]12. The van der Waals surface area contributed by atoms with Crippen molar-refractivity contribution in [2.24, 2.45) is 10.9 Å². The highest BCUT2D eigenvalue weighted by Gasteiger charge is 2.64. The van der Waals surface area contributed by atoms with E-state index in [1.54, 1.807) is 0 Å². The van der Waals surface area contributed by atoms with Crippen LogP contribution in [0.25, 0.3) is 0 Å². The Hall–Kier alpha value is -3.95. The maximum Gasteiger partial charge on any atom is 0.426 e. The quantitative estimate of drug-likeness (QED) is 0.488. The van der Waals surface area contributed by atoms with Gasteiger partial charge in [0, 0.05) is 11.3 Å². The molecule has 10 nitrogen and oxygen atoms in total. The number of amidine groups is 1. The molecule has 2 N–H and O–H groups in total. The van der Waals surface area contributed by atoms with Crippen molar-refractivity contribution in [3.63, 3.8) is 0 Å². The summed E-state index contributed by atoms with van der Waals surface area (Å²) in [5.41, 5.74) is -4.52. The average Bonchev–Trinajstić information content (AvgIpc) is 3.20. The lowest BCUT2D eigenvalue weighted by molar-refractivity contribution is -0.227. The lowest BCUT2D eigenvalue weighted by Crippen LogP contribution is -2.57. The average molecular weight is 589 g/mol. The van der Waals surface area contributed by atoms with Crippen LogP contribution in [0.15, 0.2) is 35.6 Å². The van der Waals surface area contributed by atoms with Crippen LogP contribution in [-0.4, -0.2) is 58.6 Å². The zero-order chi connectivity index (χ0) is 30.3. The summed E-state index contributed by atoms with van der Waals surface area (Å²) in [4.78, 5) is 36.3. The molecular weight excluding hydrogens is 564 g/mol. The highest BCUT2D eigenvalue weighted by molar-refractivity contribution is 6.02. The predicted octanol–water partition coefficient (Wildman–Crippen LogP) is 4.88. The Morgan fingerprint density at radius 3 is 2.41 bits per heavy atom. The molecule has 16 heteroatoms. The summed E-state index contributed by atoms with van der Waals surface area (Å²) in [5, 5.41) is 4.43. The number of nitrogens with zero attached hydrogens (tertiary/aromatic N) is 3. The van der Waals surface area contributed by atoms with Crippen molar-refractivity contribution < 1.29 is 50.1 Å². The maximum atomic E-state index is 15.4. The van der Waals surface area contributed by atoms with E-state index in [2.05, 4.69) is 20.3 Å². The summed E-state index contributed by atoms with van der Waals surface area (Å²) in [6, 6.07) is 2.24. The number of aliphatic imine (C=N–C) groups is 1. The van der Waals surface area contributed by atoms with Gasteiger partial charge in [-0.1, -0.05) is 0 Å². The molecule has 0 bridgehead atoms. The van der Waals surface area contributed by atoms with Crippen LogP contribution in [0.2, 0.25) is 0 Å². The number of aromatic nitrogens is 2. The number of alkyl halides is 5. The number of carbonyl (C=O) groups is 2. The fraction of sp³-hybridized carbons (Fsp3) is 0.480. The van der Waals surface area contributed by atoms with Crippen molar-refractivity contribution in [3.05, 3.63) is 53.4 Å². The molecule has 1 fully saturated rings. The van der Waals surface area contributed by atoms with E-state index in [1.165, 1.54) is 27.7 Å². The van der Waals surface area contributed by atoms with E-state index in [0.717, 1.165) is 24.4 Å². The molecule has 0 saturated carbocycles. The Bertz CT molecular complexity index is 1350. The van der Waals surface area contributed by atoms with E-state index in [4.69, 9.17) is 14.2 Å². The van der Waals surface area contributed by atoms with Gasteiger partial charge in [0.05, 0.1) is 31.0 Å². The fourth-order valence-corrected chi connectivity index (χ4v) is 4.59. The number of nitrogens with one attached hydrogen (secondary N) is 2. The zero-order valence-corrected chi connectivity index (χ0v) is 22.1. The molecule has 0 aliphatic carbocycles. The second-order valence-corrected chi connectivity index (χ2v) is 10.4. The molecule has 4 rings (SSSR count). The minimum absolute atomic E-state index is 0.0780. The van der Waals surface area contributed by atoms with Crippen molar-refractivity contribution in [2.75, 3.05) is 11.9 Å². The lowest BCUT2D eigenvalue weighted by atomic mass is 9.74. The highest BCUT2D eigenvalue weighted by atomic mass is 19.4. The summed E-state index contributed by atoms with van der Waals surface area (Å²) in [5.74, 6) is -3.48. The summed E-state index contributed by atoms with van der Waals surface area (Å²) >= 11 is 0. The van der Waals surface area contributed by atoms with Gasteiger partial charge >= 0.3 is 12.3 Å². The van der Waals surface area contributed by atoms with Crippen LogP contribution >= 0.6 is 0 Å². The Morgan fingerprint density at radius 1 is 1.12 bits per heavy atom. The first-order valence-electron chi connectivity index (χ1n) is 12.2. The standard InChI is InChI=1S/C25H25F6N5O5/c1-11-17-18(25(29,30)31)40-21(35-22(38)41-23(2,3)4)36-24(17,10-39-11)13-7-12(5-6-14(13)26)34-20(37)16-9-32-15(8-33-16)19(27)28/h5-9,11,17-19H,10H2,1-4H3,(H,34,37)(H,35,36,38)/t11-,17+,18+,24-/m1/s1. The first kappa shape index (κ1) is 30.0. The number of rotatable bonds is 4. The minimum Gasteiger partial charge on any atom is -0.451 e. The molecule has 222 valence electrons. The van der Waals surface area contributed by atoms with Gasteiger partial charge in [-0.05, 0) is 45.9 Å². The smallest absolute Gasteiger partial charge is 0.426 e. The van der Waals surface area contributed by atoms with Crippen LogP contribution in [0.1, 0.15) is 55.9 Å². The Morgan fingerprint density at radius 2 is 1.83 bits per heavy atom. The molecule has 2 amide bonds. The summed E-state index contributed by atoms with van der Waals surface area (Å²) in [6.45, 7) is 5.43. The van der Waals surface area contributed by atoms with Crippen LogP contribution in [-0.2, 0) is 19.7 Å². The zero-order valence-electron chi connectivity index (χ0n) is 22.1. The van der Waals surface area contributed by atoms with Crippen LogP contribution in [0, 0.1) is 11.7 Å². The number of halogens is 6. The molecular formula is C25H25F6N5O5. The number of hydrogen-bond donors (Lipinski definition) is 2. The van der Waals surface area contributed by atoms with Crippen LogP contribution in [0.4, 0.5) is 36.8 Å². The molecule has 1 aromatic heterocycles. The topological polar surface area (TPSA) is 124 Å². The molecule has 2 aliphatic heterocycles. The van der Waals surface area contributed by atoms with Crippen molar-refractivity contribution in [2.45, 2.75) is 63.6 Å². The van der Waals surface area contributed by atoms with Crippen LogP contribution in [0.5, 0.6) is 0 Å². The van der Waals surface area contributed by atoms with Gasteiger partial charge in [-0.25, -0.2) is 33.3 Å². The van der Waals surface area contributed by atoms with Gasteiger partial charge in [0.1, 0.15) is 28.3 Å². The van der Waals surface area contributed by atoms with Gasteiger partial charge in [-0.3, -0.25) is 9.78 Å². The van der Waals surface area contributed by atoms with Gasteiger partial charge in [0.25, 0.3) is 18.4 Å². The van der Waals surface area contributed by atoms with E-state index in [1.807, 2.05) is 5.32 Å². The van der Waals surface area contributed by atoms with Gasteiger partial charge in [-0.15, -0.1) is 0 Å². The molecule has 2 aromatic rings. The molecule has 0 radical (unpaired) electrons. The second-order valence-electron chi connectivity index (χ2n) is 10.4. The number of anilines is 1. The third-order valence-electron chi connectivity index (χ3n) is 6.24. The Balaban J connectivity index is 1.74. The number of fused-ring (bicyclic) bond motifs is 1. The molecule has 0 spiro atoms. The van der Waals surface area contributed by atoms with Crippen LogP contribution in [0.3, 0.4) is 0 Å². The van der Waals surface area contributed by atoms with Crippen molar-refractivity contribution in [3.8, 4) is 0 Å². The molecule has 2 aliphatic rings. The fourth-order valence-electron chi connectivity index (χ4n) is 4.59. The van der Waals surface area contributed by atoms with E-state index >= 15 is 4.39 Å². The lowest BCUT2D eigenvalue weighted by Gasteiger charge is -2.41. The highest BCUT2D eigenvalue weighted by Crippen LogP contribution is 2.52. The number of hydrogen-bond acceptors (Lipinski definition) is 8. The molecule has 1 aromatic carbocycles. The van der Waals surface area contributed by atoms with E-state index in [0.29, 0.717) is 6.20 Å². The number of amides is 2. The van der Waals surface area contributed by atoms with Crippen molar-refractivity contribution in [1.82, 2.24) is 15.3 Å². The third kappa shape index (κ3) is 6.36. The summed E-state index contributed by atoms with van der Waals surface area (Å²) in [7, 11) is 0. The van der Waals surface area contributed by atoms with Crippen LogP contribution < -0.4 is 10.6 Å². The Labute approximate surface area is 229 Å². The summed E-state index contributed by atoms with van der Waals surface area (Å²) in [6.07, 6.45) is -11.2.